The molecule has 0 radical (unpaired) electrons. The maximum atomic E-state index is 7.01. The minimum Gasteiger partial charge on any atom is -0.456 e. The van der Waals surface area contributed by atoms with Gasteiger partial charge in [-0.3, -0.25) is 0 Å². The highest BCUT2D eigenvalue weighted by Crippen LogP contribution is 2.52. The second-order valence-electron chi connectivity index (χ2n) is 16.1. The average Bonchev–Trinajstić information content (AvgIpc) is 3.90. The Morgan fingerprint density at radius 2 is 1.05 bits per heavy atom. The molecule has 0 aliphatic heterocycles. The van der Waals surface area contributed by atoms with E-state index in [2.05, 4.69) is 201 Å². The van der Waals surface area contributed by atoms with Gasteiger partial charge in [-0.1, -0.05) is 141 Å². The van der Waals surface area contributed by atoms with Crippen LogP contribution in [0.5, 0.6) is 0 Å². The van der Waals surface area contributed by atoms with Gasteiger partial charge in [0.2, 0.25) is 0 Å². The zero-order valence-electron chi connectivity index (χ0n) is 32.2. The van der Waals surface area contributed by atoms with Crippen LogP contribution in [0.1, 0.15) is 25.0 Å². The van der Waals surface area contributed by atoms with Crippen LogP contribution in [0.2, 0.25) is 0 Å². The van der Waals surface area contributed by atoms with E-state index >= 15 is 0 Å². The number of nitrogens with zero attached hydrogens (tertiary/aromatic N) is 1. The van der Waals surface area contributed by atoms with Crippen molar-refractivity contribution in [3.8, 4) is 33.4 Å². The molecule has 0 saturated heterocycles. The summed E-state index contributed by atoms with van der Waals surface area (Å²) in [6.07, 6.45) is 0. The first-order valence-electron chi connectivity index (χ1n) is 20.0. The van der Waals surface area contributed by atoms with Crippen LogP contribution in [0, 0.1) is 0 Å². The van der Waals surface area contributed by atoms with E-state index in [4.69, 9.17) is 8.83 Å². The van der Waals surface area contributed by atoms with E-state index in [1.165, 1.54) is 44.2 Å². The van der Waals surface area contributed by atoms with Crippen molar-refractivity contribution in [3.63, 3.8) is 0 Å². The monoisotopic (exact) mass is 743 g/mol. The smallest absolute Gasteiger partial charge is 0.144 e. The van der Waals surface area contributed by atoms with Gasteiger partial charge < -0.3 is 13.7 Å². The molecule has 12 rings (SSSR count). The van der Waals surface area contributed by atoms with Gasteiger partial charge in [0.15, 0.2) is 0 Å². The molecular formula is C55H37NO2. The highest BCUT2D eigenvalue weighted by Gasteiger charge is 2.36. The van der Waals surface area contributed by atoms with Gasteiger partial charge >= 0.3 is 0 Å². The van der Waals surface area contributed by atoms with Gasteiger partial charge in [-0.05, 0) is 110 Å². The fourth-order valence-corrected chi connectivity index (χ4v) is 9.57. The summed E-state index contributed by atoms with van der Waals surface area (Å²) < 4.78 is 13.7. The molecule has 3 heteroatoms. The van der Waals surface area contributed by atoms with E-state index < -0.39 is 0 Å². The summed E-state index contributed by atoms with van der Waals surface area (Å²) in [4.78, 5) is 2.35. The normalized spacial score (nSPS) is 13.1. The van der Waals surface area contributed by atoms with E-state index in [-0.39, 0.29) is 5.41 Å². The fraction of sp³-hybridized carbons (Fsp3) is 0.0545. The number of para-hydroxylation sites is 1. The summed E-state index contributed by atoms with van der Waals surface area (Å²) in [6.45, 7) is 4.67. The van der Waals surface area contributed by atoms with Crippen molar-refractivity contribution in [1.29, 1.82) is 0 Å². The molecule has 9 aromatic carbocycles. The van der Waals surface area contributed by atoms with Gasteiger partial charge in [0.1, 0.15) is 22.3 Å². The first-order valence-corrected chi connectivity index (χ1v) is 20.0. The third-order valence-electron chi connectivity index (χ3n) is 12.4. The fourth-order valence-electron chi connectivity index (χ4n) is 9.57. The van der Waals surface area contributed by atoms with Crippen LogP contribution in [-0.4, -0.2) is 0 Å². The minimum atomic E-state index is -0.137. The van der Waals surface area contributed by atoms with Crippen LogP contribution in [0.4, 0.5) is 17.1 Å². The second-order valence-corrected chi connectivity index (χ2v) is 16.1. The van der Waals surface area contributed by atoms with Gasteiger partial charge in [-0.15, -0.1) is 0 Å². The predicted octanol–water partition coefficient (Wildman–Crippen LogP) is 15.7. The molecule has 0 spiro atoms. The largest absolute Gasteiger partial charge is 0.456 e. The predicted molar refractivity (Wildman–Crippen MR) is 242 cm³/mol. The SMILES string of the molecule is CC1(C)c2ccccc2-c2ccc(-c3c4oc5ccc(N(c6ccc(-c7ccccc7)cc6)c6ccc7ccccc7c6)cc5c4cc4oc5ccccc5c34)cc21. The Kier molecular flexibility index (Phi) is 6.98. The molecule has 2 aromatic heterocycles. The molecule has 0 amide bonds. The first-order chi connectivity index (χ1) is 28.5. The third kappa shape index (κ3) is 4.86. The number of anilines is 3. The van der Waals surface area contributed by atoms with Gasteiger partial charge in [0.25, 0.3) is 0 Å². The molecule has 0 saturated carbocycles. The average molecular weight is 744 g/mol. The van der Waals surface area contributed by atoms with Gasteiger partial charge in [-0.25, -0.2) is 0 Å². The van der Waals surface area contributed by atoms with Crippen LogP contribution in [0.3, 0.4) is 0 Å². The second kappa shape index (κ2) is 12.3. The van der Waals surface area contributed by atoms with Crippen LogP contribution < -0.4 is 4.90 Å². The molecule has 1 aliphatic rings. The Balaban J connectivity index is 1.08. The summed E-state index contributed by atoms with van der Waals surface area (Å²) >= 11 is 0. The van der Waals surface area contributed by atoms with Crippen molar-refractivity contribution < 1.29 is 8.83 Å². The van der Waals surface area contributed by atoms with E-state index in [0.717, 1.165) is 72.1 Å². The van der Waals surface area contributed by atoms with Gasteiger partial charge in [0.05, 0.1) is 0 Å². The van der Waals surface area contributed by atoms with Crippen molar-refractivity contribution >= 4 is 71.7 Å². The summed E-state index contributed by atoms with van der Waals surface area (Å²) in [5.74, 6) is 0. The molecule has 58 heavy (non-hydrogen) atoms. The minimum absolute atomic E-state index is 0.137. The standard InChI is InChI=1S/C55H37NO2/c1-55(2)47-18-10-8-16-42(47)43-28-23-38(31-48(43)55)52-53-44-17-9-11-19-49(44)57-51(53)33-46-45-32-41(27-29-50(45)58-54(46)52)56(40-26-22-35-14-6-7-15-37(35)30-40)39-24-20-36(21-25-39)34-12-4-3-5-13-34/h3-33H,1-2H3. The molecule has 1 aliphatic carbocycles. The third-order valence-corrected chi connectivity index (χ3v) is 12.4. The number of furan rings is 2. The lowest BCUT2D eigenvalue weighted by molar-refractivity contribution is 0.660. The molecule has 274 valence electrons. The summed E-state index contributed by atoms with van der Waals surface area (Å²) in [7, 11) is 0. The van der Waals surface area contributed by atoms with Crippen LogP contribution in [0.15, 0.2) is 197 Å². The van der Waals surface area contributed by atoms with Crippen LogP contribution >= 0.6 is 0 Å². The molecule has 0 atom stereocenters. The van der Waals surface area contributed by atoms with Crippen molar-refractivity contribution in [2.45, 2.75) is 19.3 Å². The van der Waals surface area contributed by atoms with Crippen molar-refractivity contribution in [3.05, 3.63) is 199 Å². The molecule has 11 aromatic rings. The number of hydrogen-bond acceptors (Lipinski definition) is 3. The topological polar surface area (TPSA) is 29.5 Å². The molecule has 0 N–H and O–H groups in total. The summed E-state index contributed by atoms with van der Waals surface area (Å²) in [6, 6.07) is 67.6. The van der Waals surface area contributed by atoms with E-state index in [1.807, 2.05) is 6.07 Å². The van der Waals surface area contributed by atoms with Crippen LogP contribution in [0.25, 0.3) is 88.0 Å². The Morgan fingerprint density at radius 3 is 1.93 bits per heavy atom. The zero-order chi connectivity index (χ0) is 38.5. The maximum absolute atomic E-state index is 7.01. The number of fused-ring (bicyclic) bond motifs is 10. The van der Waals surface area contributed by atoms with Crippen molar-refractivity contribution in [2.75, 3.05) is 4.90 Å². The molecule has 0 bridgehead atoms. The lowest BCUT2D eigenvalue weighted by Gasteiger charge is -2.26. The summed E-state index contributed by atoms with van der Waals surface area (Å²) in [5, 5.41) is 6.63. The molecule has 3 nitrogen and oxygen atoms in total. The summed E-state index contributed by atoms with van der Waals surface area (Å²) in [5.41, 5.74) is 16.3. The van der Waals surface area contributed by atoms with E-state index in [0.29, 0.717) is 0 Å². The Bertz CT molecular complexity index is 3420. The lowest BCUT2D eigenvalue weighted by atomic mass is 9.81. The Morgan fingerprint density at radius 1 is 0.397 bits per heavy atom. The van der Waals surface area contributed by atoms with Crippen molar-refractivity contribution in [1.82, 2.24) is 0 Å². The Hall–Kier alpha value is -7.36. The molecular weight excluding hydrogens is 707 g/mol. The van der Waals surface area contributed by atoms with E-state index in [1.54, 1.807) is 0 Å². The zero-order valence-corrected chi connectivity index (χ0v) is 32.2. The molecule has 0 unspecified atom stereocenters. The van der Waals surface area contributed by atoms with Crippen LogP contribution in [-0.2, 0) is 5.41 Å². The van der Waals surface area contributed by atoms with Gasteiger partial charge in [-0.2, -0.15) is 0 Å². The molecule has 0 fully saturated rings. The first kappa shape index (κ1) is 32.8. The Labute approximate surface area is 336 Å². The quantitative estimate of drug-likeness (QED) is 0.176. The maximum Gasteiger partial charge on any atom is 0.144 e. The van der Waals surface area contributed by atoms with Gasteiger partial charge in [0, 0.05) is 49.6 Å². The highest BCUT2D eigenvalue weighted by molar-refractivity contribution is 6.24. The lowest BCUT2D eigenvalue weighted by Crippen LogP contribution is -2.14. The number of rotatable bonds is 5. The van der Waals surface area contributed by atoms with E-state index in [9.17, 15) is 0 Å². The van der Waals surface area contributed by atoms with Crippen molar-refractivity contribution in [2.24, 2.45) is 0 Å². The number of benzene rings is 9. The number of hydrogen-bond donors (Lipinski definition) is 0. The highest BCUT2D eigenvalue weighted by atomic mass is 16.3. The molecule has 2 heterocycles.